The molecular formula is C17H22N10O4S2. The van der Waals surface area contributed by atoms with Gasteiger partial charge in [-0.15, -0.1) is 10.2 Å². The molecule has 1 fully saturated rings. The summed E-state index contributed by atoms with van der Waals surface area (Å²) in [5, 5.41) is 22.0. The van der Waals surface area contributed by atoms with Crippen molar-refractivity contribution in [2.75, 3.05) is 25.4 Å². The van der Waals surface area contributed by atoms with Crippen molar-refractivity contribution in [1.82, 2.24) is 35.6 Å². The van der Waals surface area contributed by atoms with Crippen LogP contribution in [-0.4, -0.2) is 67.6 Å². The molecule has 1 aliphatic rings. The zero-order valence-electron chi connectivity index (χ0n) is 17.2. The number of pyridine rings is 1. The van der Waals surface area contributed by atoms with Crippen LogP contribution in [0.4, 0.5) is 5.82 Å². The molecule has 0 unspecified atom stereocenters. The van der Waals surface area contributed by atoms with Gasteiger partial charge >= 0.3 is 0 Å². The normalized spacial score (nSPS) is 19.1. The van der Waals surface area contributed by atoms with Gasteiger partial charge in [0.2, 0.25) is 25.9 Å². The minimum atomic E-state index is -4.60. The van der Waals surface area contributed by atoms with Crippen molar-refractivity contribution in [3.63, 3.8) is 0 Å². The van der Waals surface area contributed by atoms with Gasteiger partial charge in [-0.1, -0.05) is 6.07 Å². The molecule has 0 saturated carbocycles. The third kappa shape index (κ3) is 4.43. The van der Waals surface area contributed by atoms with E-state index in [-0.39, 0.29) is 29.3 Å². The number of nitrogens with one attached hydrogen (secondary N) is 3. The average Bonchev–Trinajstić information content (AvgIpc) is 3.45. The van der Waals surface area contributed by atoms with Gasteiger partial charge in [0.15, 0.2) is 0 Å². The van der Waals surface area contributed by atoms with Crippen LogP contribution in [0.3, 0.4) is 0 Å². The lowest BCUT2D eigenvalue weighted by Crippen LogP contribution is -2.55. The van der Waals surface area contributed by atoms with Gasteiger partial charge < -0.3 is 16.8 Å². The largest absolute Gasteiger partial charge is 0.384 e. The number of nitrogens with two attached hydrogens (primary N) is 3. The van der Waals surface area contributed by atoms with Crippen LogP contribution in [-0.2, 0) is 20.0 Å². The van der Waals surface area contributed by atoms with Crippen LogP contribution in [0.1, 0.15) is 6.42 Å². The number of sulfonamides is 2. The lowest BCUT2D eigenvalue weighted by Gasteiger charge is -2.28. The van der Waals surface area contributed by atoms with E-state index in [1.807, 2.05) is 0 Å². The van der Waals surface area contributed by atoms with Crippen LogP contribution in [0.5, 0.6) is 0 Å². The number of anilines is 1. The third-order valence-electron chi connectivity index (χ3n) is 5.35. The van der Waals surface area contributed by atoms with Crippen molar-refractivity contribution in [1.29, 1.82) is 0 Å². The smallest absolute Gasteiger partial charge is 0.242 e. The minimum Gasteiger partial charge on any atom is -0.384 e. The van der Waals surface area contributed by atoms with Gasteiger partial charge in [-0.2, -0.15) is 5.21 Å². The Morgan fingerprint density at radius 1 is 1.15 bits per heavy atom. The van der Waals surface area contributed by atoms with Crippen LogP contribution in [0.2, 0.25) is 0 Å². The Balaban J connectivity index is 2.00. The zero-order chi connectivity index (χ0) is 23.9. The summed E-state index contributed by atoms with van der Waals surface area (Å²) in [6, 6.07) is 5.68. The number of hydrogen-bond donors (Lipinski definition) is 6. The summed E-state index contributed by atoms with van der Waals surface area (Å²) < 4.78 is 54.9. The molecule has 1 atom stereocenters. The first-order chi connectivity index (χ1) is 15.6. The molecule has 1 aliphatic heterocycles. The fraction of sp³-hybridized carbons (Fsp3) is 0.294. The maximum Gasteiger partial charge on any atom is 0.242 e. The lowest BCUT2D eigenvalue weighted by atomic mass is 10.0. The van der Waals surface area contributed by atoms with E-state index in [0.717, 1.165) is 6.07 Å². The molecule has 0 amide bonds. The summed E-state index contributed by atoms with van der Waals surface area (Å²) in [7, 11) is -9.00. The third-order valence-corrected chi connectivity index (χ3v) is 8.09. The fourth-order valence-electron chi connectivity index (χ4n) is 3.74. The maximum atomic E-state index is 13.4. The molecule has 2 aromatic heterocycles. The molecule has 176 valence electrons. The predicted molar refractivity (Wildman–Crippen MR) is 118 cm³/mol. The van der Waals surface area contributed by atoms with E-state index in [2.05, 4.69) is 35.6 Å². The Morgan fingerprint density at radius 3 is 2.48 bits per heavy atom. The summed E-state index contributed by atoms with van der Waals surface area (Å²) >= 11 is 0. The van der Waals surface area contributed by atoms with E-state index in [9.17, 15) is 16.8 Å². The van der Waals surface area contributed by atoms with Gasteiger partial charge in [-0.05, 0) is 41.9 Å². The summed E-state index contributed by atoms with van der Waals surface area (Å²) in [5.74, 6) is 0.0751. The molecule has 0 radical (unpaired) electrons. The summed E-state index contributed by atoms with van der Waals surface area (Å²) in [6.45, 7) is 0.857. The highest BCUT2D eigenvalue weighted by Crippen LogP contribution is 2.39. The molecule has 0 bridgehead atoms. The average molecular weight is 495 g/mol. The molecule has 16 heteroatoms. The van der Waals surface area contributed by atoms with Gasteiger partial charge in [-0.25, -0.2) is 31.7 Å². The highest BCUT2D eigenvalue weighted by Gasteiger charge is 2.40. The van der Waals surface area contributed by atoms with E-state index < -0.39 is 35.4 Å². The van der Waals surface area contributed by atoms with E-state index in [0.29, 0.717) is 25.1 Å². The second-order valence-corrected chi connectivity index (χ2v) is 10.7. The number of primary sulfonamides is 1. The molecule has 4 rings (SSSR count). The van der Waals surface area contributed by atoms with Gasteiger partial charge in [0.25, 0.3) is 0 Å². The number of aromatic nitrogens is 5. The molecule has 3 aromatic rings. The lowest BCUT2D eigenvalue weighted by molar-refractivity contribution is 0.422. The van der Waals surface area contributed by atoms with Crippen molar-refractivity contribution in [2.24, 2.45) is 10.9 Å². The molecular weight excluding hydrogens is 472 g/mol. The first kappa shape index (κ1) is 23.1. The predicted octanol–water partition coefficient (Wildman–Crippen LogP) is -1.87. The Hall–Kier alpha value is -3.02. The number of benzene rings is 1. The SMILES string of the molecule is NC[C@@]1(NS(=O)(=O)c2ccc(-c3ccc(N)nc3)c(-c3nn[nH]n3)c2S(N)(=O)=O)CCNC1. The van der Waals surface area contributed by atoms with Gasteiger partial charge in [0.1, 0.15) is 15.6 Å². The van der Waals surface area contributed by atoms with Gasteiger partial charge in [0.05, 0.1) is 11.1 Å². The zero-order valence-corrected chi connectivity index (χ0v) is 18.8. The van der Waals surface area contributed by atoms with Crippen molar-refractivity contribution < 1.29 is 16.8 Å². The number of nitrogen functional groups attached to an aromatic ring is 1. The van der Waals surface area contributed by atoms with Crippen LogP contribution < -0.4 is 26.6 Å². The summed E-state index contributed by atoms with van der Waals surface area (Å²) in [4.78, 5) is 2.78. The van der Waals surface area contributed by atoms with Crippen LogP contribution in [0.15, 0.2) is 40.3 Å². The fourth-order valence-corrected chi connectivity index (χ4v) is 6.78. The highest BCUT2D eigenvalue weighted by molar-refractivity contribution is 7.92. The number of hydrogen-bond acceptors (Lipinski definition) is 11. The molecule has 1 aromatic carbocycles. The maximum absolute atomic E-state index is 13.4. The first-order valence-electron chi connectivity index (χ1n) is 9.67. The number of aromatic amines is 1. The second kappa shape index (κ2) is 8.40. The van der Waals surface area contributed by atoms with E-state index in [1.54, 1.807) is 6.07 Å². The Kier molecular flexibility index (Phi) is 5.89. The quantitative estimate of drug-likeness (QED) is 0.212. The van der Waals surface area contributed by atoms with Crippen LogP contribution in [0.25, 0.3) is 22.5 Å². The van der Waals surface area contributed by atoms with Gasteiger partial charge in [-0.3, -0.25) is 0 Å². The Labute approximate surface area is 189 Å². The topological polar surface area (TPSA) is 238 Å². The molecule has 33 heavy (non-hydrogen) atoms. The summed E-state index contributed by atoms with van der Waals surface area (Å²) in [5.41, 5.74) is 11.1. The monoisotopic (exact) mass is 494 g/mol. The van der Waals surface area contributed by atoms with E-state index in [1.165, 1.54) is 18.3 Å². The van der Waals surface area contributed by atoms with Crippen LogP contribution in [0, 0.1) is 0 Å². The molecule has 0 aliphatic carbocycles. The van der Waals surface area contributed by atoms with E-state index in [4.69, 9.17) is 16.6 Å². The van der Waals surface area contributed by atoms with Gasteiger partial charge in [0, 0.05) is 24.8 Å². The first-order valence-corrected chi connectivity index (χ1v) is 12.7. The van der Waals surface area contributed by atoms with Crippen molar-refractivity contribution >= 4 is 25.9 Å². The minimum absolute atomic E-state index is 0.0107. The number of tetrazole rings is 1. The molecule has 0 spiro atoms. The number of rotatable bonds is 7. The molecule has 9 N–H and O–H groups in total. The standard InChI is InChI=1S/C17H22N10O4S2/c18-8-17(5-6-21-9-17)25-33(30,31)12-3-2-11(10-1-4-13(19)22-7-10)14(15(12)32(20,28)29)16-23-26-27-24-16/h1-4,7,21,25H,5-6,8-9,18H2,(H2,19,22)(H2,20,28,29)(H,23,24,26,27)/t17-/m0/s1. The molecule has 14 nitrogen and oxygen atoms in total. The number of nitrogens with zero attached hydrogens (tertiary/aromatic N) is 4. The van der Waals surface area contributed by atoms with Crippen molar-refractivity contribution in [3.05, 3.63) is 30.5 Å². The molecule has 1 saturated heterocycles. The number of H-pyrrole nitrogens is 1. The van der Waals surface area contributed by atoms with E-state index >= 15 is 0 Å². The van der Waals surface area contributed by atoms with Crippen LogP contribution >= 0.6 is 0 Å². The second-order valence-electron chi connectivity index (χ2n) is 7.58. The Morgan fingerprint density at radius 2 is 1.94 bits per heavy atom. The molecule has 3 heterocycles. The van der Waals surface area contributed by atoms with Crippen molar-refractivity contribution in [2.45, 2.75) is 21.8 Å². The highest BCUT2D eigenvalue weighted by atomic mass is 32.2. The Bertz CT molecular complexity index is 1370. The van der Waals surface area contributed by atoms with Crippen molar-refractivity contribution in [3.8, 4) is 22.5 Å². The summed E-state index contributed by atoms with van der Waals surface area (Å²) in [6.07, 6.45) is 1.83.